The lowest BCUT2D eigenvalue weighted by molar-refractivity contribution is -0.175. The molecule has 0 N–H and O–H groups in total. The molecule has 0 aromatic heterocycles. The third-order valence-electron chi connectivity index (χ3n) is 5.90. The standard InChI is InChI=1S/C18H22O3/c1-16(2)9-10-17(3)13-8-6-5-7-12(13)11-18(16,14(17)19)15(20)21-4/h5-8H,9-11H2,1-4H3. The lowest BCUT2D eigenvalue weighted by Crippen LogP contribution is -2.64. The zero-order valence-electron chi connectivity index (χ0n) is 13.2. The summed E-state index contributed by atoms with van der Waals surface area (Å²) in [5, 5.41) is 0. The number of ether oxygens (including phenoxy) is 1. The molecule has 1 saturated carbocycles. The van der Waals surface area contributed by atoms with Gasteiger partial charge in [-0.3, -0.25) is 9.59 Å². The van der Waals surface area contributed by atoms with Gasteiger partial charge in [-0.05, 0) is 42.7 Å². The maximum atomic E-state index is 13.3. The van der Waals surface area contributed by atoms with Crippen molar-refractivity contribution in [1.82, 2.24) is 0 Å². The minimum Gasteiger partial charge on any atom is -0.468 e. The zero-order chi connectivity index (χ0) is 15.5. The SMILES string of the molecule is COC(=O)C12Cc3ccccc3C(C)(CCC1(C)C)C2=O. The Morgan fingerprint density at radius 1 is 1.14 bits per heavy atom. The number of Topliss-reactive ketones (excluding diaryl/α,β-unsaturated/α-hetero) is 1. The predicted octanol–water partition coefficient (Wildman–Crippen LogP) is 3.05. The first-order chi connectivity index (χ1) is 9.79. The minimum absolute atomic E-state index is 0.0387. The first-order valence-corrected chi connectivity index (χ1v) is 7.51. The molecule has 2 bridgehead atoms. The molecule has 2 aliphatic rings. The lowest BCUT2D eigenvalue weighted by Gasteiger charge is -2.56. The Morgan fingerprint density at radius 2 is 1.81 bits per heavy atom. The number of hydrogen-bond donors (Lipinski definition) is 0. The molecule has 21 heavy (non-hydrogen) atoms. The van der Waals surface area contributed by atoms with Crippen LogP contribution in [0.2, 0.25) is 0 Å². The van der Waals surface area contributed by atoms with Gasteiger partial charge in [0.25, 0.3) is 0 Å². The van der Waals surface area contributed by atoms with Crippen molar-refractivity contribution in [3.63, 3.8) is 0 Å². The smallest absolute Gasteiger partial charge is 0.320 e. The largest absolute Gasteiger partial charge is 0.468 e. The van der Waals surface area contributed by atoms with Gasteiger partial charge in [0.05, 0.1) is 12.5 Å². The highest BCUT2D eigenvalue weighted by Gasteiger charge is 2.67. The van der Waals surface area contributed by atoms with E-state index in [4.69, 9.17) is 4.74 Å². The second-order valence-corrected chi connectivity index (χ2v) is 7.28. The van der Waals surface area contributed by atoms with E-state index in [0.29, 0.717) is 6.42 Å². The fourth-order valence-electron chi connectivity index (χ4n) is 4.36. The summed E-state index contributed by atoms with van der Waals surface area (Å²) < 4.78 is 5.07. The van der Waals surface area contributed by atoms with E-state index in [2.05, 4.69) is 0 Å². The molecule has 0 spiro atoms. The number of fused-ring (bicyclic) bond motifs is 4. The molecule has 1 fully saturated rings. The molecule has 0 aliphatic heterocycles. The summed E-state index contributed by atoms with van der Waals surface area (Å²) in [5.41, 5.74) is 0.189. The van der Waals surface area contributed by atoms with Crippen molar-refractivity contribution in [1.29, 1.82) is 0 Å². The van der Waals surface area contributed by atoms with Crippen molar-refractivity contribution in [2.75, 3.05) is 7.11 Å². The molecule has 2 aliphatic carbocycles. The van der Waals surface area contributed by atoms with E-state index >= 15 is 0 Å². The van der Waals surface area contributed by atoms with Crippen LogP contribution in [0, 0.1) is 10.8 Å². The Balaban J connectivity index is 2.31. The fourth-order valence-corrected chi connectivity index (χ4v) is 4.36. The monoisotopic (exact) mass is 286 g/mol. The number of ketones is 1. The van der Waals surface area contributed by atoms with Crippen molar-refractivity contribution < 1.29 is 14.3 Å². The lowest BCUT2D eigenvalue weighted by atomic mass is 9.44. The Labute approximate surface area is 125 Å². The topological polar surface area (TPSA) is 43.4 Å². The summed E-state index contributed by atoms with van der Waals surface area (Å²) in [6, 6.07) is 8.03. The van der Waals surface area contributed by atoms with E-state index in [1.54, 1.807) is 0 Å². The normalized spacial score (nSPS) is 33.2. The third-order valence-corrected chi connectivity index (χ3v) is 5.90. The van der Waals surface area contributed by atoms with E-state index in [9.17, 15) is 9.59 Å². The zero-order valence-corrected chi connectivity index (χ0v) is 13.2. The van der Waals surface area contributed by atoms with Crippen LogP contribution in [0.25, 0.3) is 0 Å². The molecule has 2 atom stereocenters. The number of rotatable bonds is 1. The quantitative estimate of drug-likeness (QED) is 0.588. The molecular formula is C18H22O3. The molecule has 3 nitrogen and oxygen atoms in total. The highest BCUT2D eigenvalue weighted by molar-refractivity contribution is 6.11. The highest BCUT2D eigenvalue weighted by Crippen LogP contribution is 2.60. The first kappa shape index (κ1) is 14.3. The van der Waals surface area contributed by atoms with Crippen molar-refractivity contribution in [3.05, 3.63) is 35.4 Å². The highest BCUT2D eigenvalue weighted by atomic mass is 16.5. The maximum Gasteiger partial charge on any atom is 0.320 e. The minimum atomic E-state index is -1.05. The third kappa shape index (κ3) is 1.55. The Morgan fingerprint density at radius 3 is 2.48 bits per heavy atom. The fraction of sp³-hybridized carbons (Fsp3) is 0.556. The predicted molar refractivity (Wildman–Crippen MR) is 80.0 cm³/mol. The van der Waals surface area contributed by atoms with Crippen LogP contribution in [0.1, 0.15) is 44.7 Å². The molecule has 0 amide bonds. The maximum absolute atomic E-state index is 13.3. The second kappa shape index (κ2) is 4.19. The van der Waals surface area contributed by atoms with Crippen LogP contribution in [-0.4, -0.2) is 18.9 Å². The molecule has 1 aromatic rings. The van der Waals surface area contributed by atoms with Gasteiger partial charge >= 0.3 is 5.97 Å². The molecule has 0 saturated heterocycles. The summed E-state index contributed by atoms with van der Waals surface area (Å²) in [5.74, 6) is -0.338. The van der Waals surface area contributed by atoms with E-state index < -0.39 is 10.8 Å². The van der Waals surface area contributed by atoms with Gasteiger partial charge in [0.2, 0.25) is 0 Å². The van der Waals surface area contributed by atoms with Gasteiger partial charge in [0.1, 0.15) is 5.41 Å². The van der Waals surface area contributed by atoms with Crippen LogP contribution in [0.5, 0.6) is 0 Å². The summed E-state index contributed by atoms with van der Waals surface area (Å²) in [6.07, 6.45) is 2.09. The van der Waals surface area contributed by atoms with Gasteiger partial charge in [-0.15, -0.1) is 0 Å². The summed E-state index contributed by atoms with van der Waals surface area (Å²) in [6.45, 7) is 6.03. The number of esters is 1. The van der Waals surface area contributed by atoms with E-state index in [1.165, 1.54) is 7.11 Å². The van der Waals surface area contributed by atoms with Crippen molar-refractivity contribution in [2.24, 2.45) is 10.8 Å². The molecule has 3 heteroatoms. The Hall–Kier alpha value is -1.64. The number of carbonyl (C=O) groups is 2. The van der Waals surface area contributed by atoms with Crippen LogP contribution in [0.4, 0.5) is 0 Å². The van der Waals surface area contributed by atoms with Gasteiger partial charge in [0, 0.05) is 0 Å². The van der Waals surface area contributed by atoms with Crippen LogP contribution in [0.15, 0.2) is 24.3 Å². The summed E-state index contributed by atoms with van der Waals surface area (Å²) in [4.78, 5) is 26.0. The molecule has 0 heterocycles. The van der Waals surface area contributed by atoms with Gasteiger partial charge in [-0.2, -0.15) is 0 Å². The van der Waals surface area contributed by atoms with Gasteiger partial charge in [-0.1, -0.05) is 38.1 Å². The number of benzene rings is 1. The van der Waals surface area contributed by atoms with Gasteiger partial charge in [-0.25, -0.2) is 0 Å². The number of hydrogen-bond acceptors (Lipinski definition) is 3. The molecule has 2 unspecified atom stereocenters. The molecule has 112 valence electrons. The van der Waals surface area contributed by atoms with Crippen LogP contribution >= 0.6 is 0 Å². The van der Waals surface area contributed by atoms with Crippen molar-refractivity contribution >= 4 is 11.8 Å². The second-order valence-electron chi connectivity index (χ2n) is 7.28. The van der Waals surface area contributed by atoms with Crippen LogP contribution < -0.4 is 0 Å². The molecule has 3 rings (SSSR count). The number of methoxy groups -OCH3 is 1. The first-order valence-electron chi connectivity index (χ1n) is 7.51. The molecular weight excluding hydrogens is 264 g/mol. The molecule has 1 aromatic carbocycles. The summed E-state index contributed by atoms with van der Waals surface area (Å²) >= 11 is 0. The van der Waals surface area contributed by atoms with E-state index in [0.717, 1.165) is 24.0 Å². The van der Waals surface area contributed by atoms with Crippen LogP contribution in [0.3, 0.4) is 0 Å². The van der Waals surface area contributed by atoms with Gasteiger partial charge in [0.15, 0.2) is 5.78 Å². The van der Waals surface area contributed by atoms with Crippen molar-refractivity contribution in [2.45, 2.75) is 45.4 Å². The van der Waals surface area contributed by atoms with E-state index in [1.807, 2.05) is 45.0 Å². The van der Waals surface area contributed by atoms with E-state index in [-0.39, 0.29) is 17.2 Å². The Kier molecular flexibility index (Phi) is 2.85. The average Bonchev–Trinajstić information content (AvgIpc) is 2.47. The average molecular weight is 286 g/mol. The number of carbonyl (C=O) groups excluding carboxylic acids is 2. The molecule has 0 radical (unpaired) electrons. The summed E-state index contributed by atoms with van der Waals surface area (Å²) in [7, 11) is 1.38. The Bertz CT molecular complexity index is 631. The van der Waals surface area contributed by atoms with Crippen molar-refractivity contribution in [3.8, 4) is 0 Å². The van der Waals surface area contributed by atoms with Gasteiger partial charge < -0.3 is 4.74 Å². The van der Waals surface area contributed by atoms with Crippen LogP contribution in [-0.2, 0) is 26.2 Å².